The molecule has 0 aliphatic rings. The van der Waals surface area contributed by atoms with E-state index in [1.165, 1.54) is 0 Å². The van der Waals surface area contributed by atoms with Crippen molar-refractivity contribution in [2.45, 2.75) is 0 Å². The third-order valence-electron chi connectivity index (χ3n) is 1.73. The monoisotopic (exact) mass is 328 g/mol. The molecule has 120 valence electrons. The lowest BCUT2D eigenvalue weighted by molar-refractivity contribution is 0.333. The molecule has 0 saturated heterocycles. The van der Waals surface area contributed by atoms with Gasteiger partial charge in [0.2, 0.25) is 0 Å². The minimum absolute atomic E-state index is 0.222. The summed E-state index contributed by atoms with van der Waals surface area (Å²) in [6, 6.07) is 0. The summed E-state index contributed by atoms with van der Waals surface area (Å²) in [6.07, 6.45) is 0. The molecular formula is C5H20N4O8S2. The second kappa shape index (κ2) is 10.4. The van der Waals surface area contributed by atoms with Crippen molar-refractivity contribution in [2.75, 3.05) is 26.2 Å². The summed E-state index contributed by atoms with van der Waals surface area (Å²) in [5.74, 6) is 0. The molecule has 12 nitrogen and oxygen atoms in total. The lowest BCUT2D eigenvalue weighted by Crippen LogP contribution is -2.49. The molecule has 0 atom stereocenters. The van der Waals surface area contributed by atoms with Crippen LogP contribution in [0, 0.1) is 5.41 Å². The topological polar surface area (TPSA) is 253 Å². The van der Waals surface area contributed by atoms with E-state index in [2.05, 4.69) is 0 Å². The molecule has 0 spiro atoms. The van der Waals surface area contributed by atoms with Crippen LogP contribution in [0.4, 0.5) is 0 Å². The molecule has 0 aromatic rings. The largest absolute Gasteiger partial charge is 0.394 e. The van der Waals surface area contributed by atoms with E-state index < -0.39 is 20.8 Å². The summed E-state index contributed by atoms with van der Waals surface area (Å²) in [4.78, 5) is 0. The minimum atomic E-state index is -4.67. The molecule has 0 aliphatic carbocycles. The molecular weight excluding hydrogens is 308 g/mol. The summed E-state index contributed by atoms with van der Waals surface area (Å²) >= 11 is 0. The summed E-state index contributed by atoms with van der Waals surface area (Å²) in [6.45, 7) is 1.88. The van der Waals surface area contributed by atoms with Crippen molar-refractivity contribution in [1.29, 1.82) is 0 Å². The van der Waals surface area contributed by atoms with Gasteiger partial charge < -0.3 is 22.9 Å². The van der Waals surface area contributed by atoms with Gasteiger partial charge in [0.1, 0.15) is 0 Å². The Morgan fingerprint density at radius 2 is 0.737 bits per heavy atom. The van der Waals surface area contributed by atoms with E-state index >= 15 is 0 Å². The van der Waals surface area contributed by atoms with E-state index in [0.717, 1.165) is 0 Å². The summed E-state index contributed by atoms with van der Waals surface area (Å²) in [7, 11) is -9.33. The number of hydrogen-bond donors (Lipinski definition) is 8. The number of nitrogens with two attached hydrogens (primary N) is 4. The van der Waals surface area contributed by atoms with Crippen molar-refractivity contribution in [2.24, 2.45) is 28.3 Å². The average Bonchev–Trinajstić information content (AvgIpc) is 2.17. The van der Waals surface area contributed by atoms with E-state index in [9.17, 15) is 0 Å². The molecule has 0 aromatic carbocycles. The molecule has 0 unspecified atom stereocenters. The van der Waals surface area contributed by atoms with Gasteiger partial charge in [-0.15, -0.1) is 0 Å². The molecule has 0 fully saturated rings. The Morgan fingerprint density at radius 3 is 0.737 bits per heavy atom. The van der Waals surface area contributed by atoms with Crippen molar-refractivity contribution in [3.05, 3.63) is 0 Å². The highest BCUT2D eigenvalue weighted by Gasteiger charge is 2.22. The van der Waals surface area contributed by atoms with E-state index in [0.29, 0.717) is 26.2 Å². The Hall–Kier alpha value is -0.420. The average molecular weight is 328 g/mol. The van der Waals surface area contributed by atoms with Crippen LogP contribution in [0.25, 0.3) is 0 Å². The van der Waals surface area contributed by atoms with Gasteiger partial charge in [0.25, 0.3) is 0 Å². The molecule has 0 radical (unpaired) electrons. The minimum Gasteiger partial charge on any atom is -0.330 e. The molecule has 12 N–H and O–H groups in total. The fourth-order valence-corrected chi connectivity index (χ4v) is 0.500. The van der Waals surface area contributed by atoms with Gasteiger partial charge in [-0.05, 0) is 0 Å². The molecule has 0 saturated carbocycles. The van der Waals surface area contributed by atoms with E-state index in [1.54, 1.807) is 0 Å². The quantitative estimate of drug-likeness (QED) is 0.234. The van der Waals surface area contributed by atoms with Gasteiger partial charge in [0.05, 0.1) is 0 Å². The van der Waals surface area contributed by atoms with Gasteiger partial charge in [-0.25, -0.2) is 0 Å². The van der Waals surface area contributed by atoms with E-state index in [1.807, 2.05) is 0 Å². The van der Waals surface area contributed by atoms with Gasteiger partial charge >= 0.3 is 20.8 Å². The Bertz CT molecular complexity index is 339. The van der Waals surface area contributed by atoms with Crippen LogP contribution in [0.3, 0.4) is 0 Å². The highest BCUT2D eigenvalue weighted by molar-refractivity contribution is 7.80. The first kappa shape index (κ1) is 23.7. The Kier molecular flexibility index (Phi) is 12.9. The fraction of sp³-hybridized carbons (Fsp3) is 1.00. The molecule has 0 aromatic heterocycles. The van der Waals surface area contributed by atoms with Gasteiger partial charge in [0.15, 0.2) is 0 Å². The predicted octanol–water partition coefficient (Wildman–Crippen LogP) is -3.50. The van der Waals surface area contributed by atoms with Crippen LogP contribution in [0.2, 0.25) is 0 Å². The van der Waals surface area contributed by atoms with Gasteiger partial charge in [-0.2, -0.15) is 16.8 Å². The molecule has 0 aliphatic heterocycles. The summed E-state index contributed by atoms with van der Waals surface area (Å²) < 4.78 is 63.2. The summed E-state index contributed by atoms with van der Waals surface area (Å²) in [5.41, 5.74) is 21.4. The number of hydrogen-bond acceptors (Lipinski definition) is 8. The van der Waals surface area contributed by atoms with Crippen molar-refractivity contribution >= 4 is 20.8 Å². The zero-order valence-corrected chi connectivity index (χ0v) is 11.5. The highest BCUT2D eigenvalue weighted by Crippen LogP contribution is 2.06. The molecule has 14 heteroatoms. The van der Waals surface area contributed by atoms with Gasteiger partial charge in [0, 0.05) is 31.6 Å². The molecule has 0 rings (SSSR count). The lowest BCUT2D eigenvalue weighted by atomic mass is 9.89. The van der Waals surface area contributed by atoms with E-state index in [4.69, 9.17) is 58.0 Å². The van der Waals surface area contributed by atoms with Crippen molar-refractivity contribution in [1.82, 2.24) is 0 Å². The molecule has 0 bridgehead atoms. The van der Waals surface area contributed by atoms with Crippen LogP contribution < -0.4 is 22.9 Å². The molecule has 0 heterocycles. The standard InChI is InChI=1S/C5H16N4.2H2O4S/c6-1-5(2-7,3-8)4-9;2*1-5(2,3)4/h1-4,6-9H2;2*(H2,1,2,3,4). The SMILES string of the molecule is NCC(CN)(CN)CN.O=S(=O)(O)O.O=S(=O)(O)O. The van der Waals surface area contributed by atoms with Crippen molar-refractivity contribution in [3.8, 4) is 0 Å². The zero-order chi connectivity index (χ0) is 16.3. The van der Waals surface area contributed by atoms with Crippen LogP contribution in [0.5, 0.6) is 0 Å². The maximum Gasteiger partial charge on any atom is 0.394 e. The fourth-order valence-electron chi connectivity index (χ4n) is 0.500. The van der Waals surface area contributed by atoms with E-state index in [-0.39, 0.29) is 5.41 Å². The second-order valence-electron chi connectivity index (χ2n) is 3.21. The van der Waals surface area contributed by atoms with Crippen LogP contribution in [-0.4, -0.2) is 61.2 Å². The first-order valence-electron chi connectivity index (χ1n) is 4.44. The van der Waals surface area contributed by atoms with Gasteiger partial charge in [-0.3, -0.25) is 18.2 Å². The maximum absolute atomic E-state index is 8.74. The number of rotatable bonds is 4. The lowest BCUT2D eigenvalue weighted by Gasteiger charge is -2.26. The van der Waals surface area contributed by atoms with Gasteiger partial charge in [-0.1, -0.05) is 0 Å². The second-order valence-corrected chi connectivity index (χ2v) is 5.00. The van der Waals surface area contributed by atoms with Crippen molar-refractivity contribution < 1.29 is 35.0 Å². The smallest absolute Gasteiger partial charge is 0.330 e. The Morgan fingerprint density at radius 1 is 0.632 bits per heavy atom. The zero-order valence-electron chi connectivity index (χ0n) is 9.88. The third-order valence-corrected chi connectivity index (χ3v) is 1.73. The Labute approximate surface area is 111 Å². The predicted molar refractivity (Wildman–Crippen MR) is 67.0 cm³/mol. The molecule has 19 heavy (non-hydrogen) atoms. The Balaban J connectivity index is -0.000000219. The third kappa shape index (κ3) is 31.8. The summed E-state index contributed by atoms with van der Waals surface area (Å²) in [5, 5.41) is 0. The van der Waals surface area contributed by atoms with Crippen LogP contribution in [0.15, 0.2) is 0 Å². The van der Waals surface area contributed by atoms with Crippen LogP contribution in [0.1, 0.15) is 0 Å². The maximum atomic E-state index is 8.74. The first-order chi connectivity index (χ1) is 8.24. The molecule has 0 amide bonds. The normalized spacial score (nSPS) is 11.8. The van der Waals surface area contributed by atoms with Crippen LogP contribution >= 0.6 is 0 Å². The van der Waals surface area contributed by atoms with Crippen molar-refractivity contribution in [3.63, 3.8) is 0 Å². The van der Waals surface area contributed by atoms with Crippen LogP contribution in [-0.2, 0) is 20.8 Å². The highest BCUT2D eigenvalue weighted by atomic mass is 32.3. The first-order valence-corrected chi connectivity index (χ1v) is 7.24.